The number of anilines is 2. The second-order valence-electron chi connectivity index (χ2n) is 5.29. The van der Waals surface area contributed by atoms with Crippen molar-refractivity contribution in [3.8, 4) is 0 Å². The van der Waals surface area contributed by atoms with Gasteiger partial charge in [-0.1, -0.05) is 11.8 Å². The Morgan fingerprint density at radius 3 is 2.52 bits per heavy atom. The molecule has 0 saturated heterocycles. The van der Waals surface area contributed by atoms with Crippen LogP contribution < -0.4 is 10.0 Å². The molecule has 2 N–H and O–H groups in total. The van der Waals surface area contributed by atoms with E-state index in [0.29, 0.717) is 5.69 Å². The molecule has 2 heterocycles. The van der Waals surface area contributed by atoms with Gasteiger partial charge in [0.05, 0.1) is 10.6 Å². The fraction of sp³-hybridized carbons (Fsp3) is 0.125. The molecule has 0 radical (unpaired) electrons. The predicted molar refractivity (Wildman–Crippen MR) is 105 cm³/mol. The van der Waals surface area contributed by atoms with Crippen molar-refractivity contribution < 1.29 is 13.2 Å². The number of hydrogen-bond acceptors (Lipinski definition) is 8. The van der Waals surface area contributed by atoms with E-state index in [1.807, 2.05) is 12.3 Å². The summed E-state index contributed by atoms with van der Waals surface area (Å²) in [7, 11) is -3.80. The van der Waals surface area contributed by atoms with Gasteiger partial charge in [0.25, 0.3) is 10.0 Å². The summed E-state index contributed by atoms with van der Waals surface area (Å²) in [6.07, 6.45) is 2.88. The summed E-state index contributed by atoms with van der Waals surface area (Å²) >= 11 is 2.84. The molecule has 0 unspecified atom stereocenters. The van der Waals surface area contributed by atoms with Crippen molar-refractivity contribution in [2.24, 2.45) is 0 Å². The number of nitrogens with one attached hydrogen (secondary N) is 2. The molecule has 8 nitrogen and oxygen atoms in total. The molecule has 140 valence electrons. The lowest BCUT2D eigenvalue weighted by Gasteiger charge is -2.08. The van der Waals surface area contributed by atoms with Gasteiger partial charge >= 0.3 is 0 Å². The monoisotopic (exact) mass is 421 g/mol. The van der Waals surface area contributed by atoms with Gasteiger partial charge in [0, 0.05) is 29.2 Å². The topological polar surface area (TPSA) is 114 Å². The van der Waals surface area contributed by atoms with Crippen LogP contribution >= 0.6 is 23.1 Å². The number of thioether (sulfide) groups is 1. The van der Waals surface area contributed by atoms with E-state index in [9.17, 15) is 13.2 Å². The number of carbonyl (C=O) groups is 1. The van der Waals surface area contributed by atoms with Gasteiger partial charge in [0.2, 0.25) is 11.9 Å². The van der Waals surface area contributed by atoms with Gasteiger partial charge in [-0.2, -0.15) is 0 Å². The van der Waals surface area contributed by atoms with Gasteiger partial charge in [0.1, 0.15) is 0 Å². The third-order valence-corrected chi connectivity index (χ3v) is 6.65. The lowest BCUT2D eigenvalue weighted by atomic mass is 10.3. The first-order chi connectivity index (χ1) is 12.9. The van der Waals surface area contributed by atoms with Gasteiger partial charge in [-0.3, -0.25) is 4.79 Å². The fourth-order valence-electron chi connectivity index (χ4n) is 1.97. The Labute approximate surface area is 164 Å². The van der Waals surface area contributed by atoms with Crippen molar-refractivity contribution in [2.45, 2.75) is 16.2 Å². The zero-order valence-corrected chi connectivity index (χ0v) is 16.6. The molecule has 2 aromatic heterocycles. The number of carbonyl (C=O) groups excluding carboxylic acids is 1. The Bertz CT molecular complexity index is 1020. The molecule has 0 aliphatic rings. The minimum absolute atomic E-state index is 0.00988. The maximum Gasteiger partial charge on any atom is 0.264 e. The van der Waals surface area contributed by atoms with Crippen LogP contribution in [0, 0.1) is 6.92 Å². The van der Waals surface area contributed by atoms with E-state index < -0.39 is 10.0 Å². The lowest BCUT2D eigenvalue weighted by molar-refractivity contribution is -0.113. The predicted octanol–water partition coefficient (Wildman–Crippen LogP) is 2.77. The lowest BCUT2D eigenvalue weighted by Crippen LogP contribution is -2.16. The van der Waals surface area contributed by atoms with Crippen molar-refractivity contribution in [2.75, 3.05) is 15.8 Å². The highest BCUT2D eigenvalue weighted by molar-refractivity contribution is 8.01. The highest BCUT2D eigenvalue weighted by Crippen LogP contribution is 2.22. The molecule has 3 aromatic rings. The number of sulfonamides is 1. The molecule has 1 aromatic carbocycles. The van der Waals surface area contributed by atoms with Crippen molar-refractivity contribution in [3.63, 3.8) is 0 Å². The molecule has 1 amide bonds. The van der Waals surface area contributed by atoms with Crippen LogP contribution in [0.1, 0.15) is 5.69 Å². The largest absolute Gasteiger partial charge is 0.325 e. The number of aromatic nitrogens is 3. The Morgan fingerprint density at radius 2 is 1.89 bits per heavy atom. The van der Waals surface area contributed by atoms with E-state index in [0.717, 1.165) is 10.0 Å². The number of aryl methyl sites for hydroxylation is 1. The van der Waals surface area contributed by atoms with E-state index in [1.165, 1.54) is 59.8 Å². The summed E-state index contributed by atoms with van der Waals surface area (Å²) in [4.78, 5) is 24.0. The Balaban J connectivity index is 1.58. The van der Waals surface area contributed by atoms with Gasteiger partial charge in [-0.25, -0.2) is 28.1 Å². The summed E-state index contributed by atoms with van der Waals surface area (Å²) < 4.78 is 27.7. The number of amides is 1. The van der Waals surface area contributed by atoms with Gasteiger partial charge < -0.3 is 5.32 Å². The third kappa shape index (κ3) is 5.49. The first kappa shape index (κ1) is 19.3. The van der Waals surface area contributed by atoms with E-state index in [4.69, 9.17) is 0 Å². The normalized spacial score (nSPS) is 11.1. The zero-order chi connectivity index (χ0) is 19.3. The van der Waals surface area contributed by atoms with Gasteiger partial charge in [0.15, 0.2) is 4.34 Å². The van der Waals surface area contributed by atoms with E-state index in [2.05, 4.69) is 25.0 Å². The maximum absolute atomic E-state index is 12.3. The van der Waals surface area contributed by atoms with Crippen molar-refractivity contribution >= 4 is 50.7 Å². The number of thiazole rings is 1. The summed E-state index contributed by atoms with van der Waals surface area (Å²) in [6, 6.07) is 7.44. The van der Waals surface area contributed by atoms with Crippen LogP contribution in [0.25, 0.3) is 0 Å². The zero-order valence-electron chi connectivity index (χ0n) is 14.1. The smallest absolute Gasteiger partial charge is 0.264 e. The van der Waals surface area contributed by atoms with Crippen LogP contribution in [0.3, 0.4) is 0 Å². The number of rotatable bonds is 7. The van der Waals surface area contributed by atoms with E-state index in [1.54, 1.807) is 6.07 Å². The fourth-order valence-corrected chi connectivity index (χ4v) is 4.58. The molecule has 27 heavy (non-hydrogen) atoms. The molecule has 0 bridgehead atoms. The first-order valence-corrected chi connectivity index (χ1v) is 11.0. The van der Waals surface area contributed by atoms with Crippen LogP contribution in [-0.4, -0.2) is 35.0 Å². The number of benzene rings is 1. The van der Waals surface area contributed by atoms with Gasteiger partial charge in [-0.05, 0) is 37.3 Å². The third-order valence-electron chi connectivity index (χ3n) is 3.16. The van der Waals surface area contributed by atoms with E-state index >= 15 is 0 Å². The molecule has 0 aliphatic heterocycles. The molecule has 11 heteroatoms. The van der Waals surface area contributed by atoms with Crippen molar-refractivity contribution in [1.29, 1.82) is 0 Å². The molecule has 0 atom stereocenters. The maximum atomic E-state index is 12.3. The minimum Gasteiger partial charge on any atom is -0.325 e. The number of nitrogens with zero attached hydrogens (tertiary/aromatic N) is 3. The second kappa shape index (κ2) is 8.46. The molecular weight excluding hydrogens is 406 g/mol. The minimum atomic E-state index is -3.80. The van der Waals surface area contributed by atoms with Crippen LogP contribution in [0.2, 0.25) is 0 Å². The summed E-state index contributed by atoms with van der Waals surface area (Å²) in [5.74, 6) is 0.0171. The molecule has 0 spiro atoms. The molecule has 0 saturated carbocycles. The summed E-state index contributed by atoms with van der Waals surface area (Å²) in [6.45, 7) is 1.90. The Morgan fingerprint density at radius 1 is 1.19 bits per heavy atom. The summed E-state index contributed by atoms with van der Waals surface area (Å²) in [5.41, 5.74) is 1.43. The SMILES string of the molecule is Cc1csc(SCC(=O)Nc2ccc(S(=O)(=O)Nc3ncccn3)cc2)n1. The molecule has 3 rings (SSSR count). The average Bonchev–Trinajstić information content (AvgIpc) is 3.06. The Hall–Kier alpha value is -2.50. The highest BCUT2D eigenvalue weighted by Gasteiger charge is 2.15. The standard InChI is InChI=1S/C16H15N5O3S3/c1-11-9-25-16(19-11)26-10-14(22)20-12-3-5-13(6-4-12)27(23,24)21-15-17-7-2-8-18-15/h2-9H,10H2,1H3,(H,20,22)(H,17,18,21). The Kier molecular flexibility index (Phi) is 6.04. The van der Waals surface area contributed by atoms with Crippen LogP contribution in [0.5, 0.6) is 0 Å². The molecule has 0 fully saturated rings. The summed E-state index contributed by atoms with van der Waals surface area (Å²) in [5, 5.41) is 4.65. The van der Waals surface area contributed by atoms with Crippen molar-refractivity contribution in [3.05, 3.63) is 53.8 Å². The highest BCUT2D eigenvalue weighted by atomic mass is 32.2. The van der Waals surface area contributed by atoms with Crippen LogP contribution in [-0.2, 0) is 14.8 Å². The van der Waals surface area contributed by atoms with E-state index in [-0.39, 0.29) is 22.5 Å². The van der Waals surface area contributed by atoms with Gasteiger partial charge in [-0.15, -0.1) is 11.3 Å². The first-order valence-electron chi connectivity index (χ1n) is 7.67. The number of hydrogen-bond donors (Lipinski definition) is 2. The molecular formula is C16H15N5O3S3. The second-order valence-corrected chi connectivity index (χ2v) is 9.06. The van der Waals surface area contributed by atoms with Crippen LogP contribution in [0.15, 0.2) is 57.3 Å². The molecule has 0 aliphatic carbocycles. The van der Waals surface area contributed by atoms with Crippen molar-refractivity contribution in [1.82, 2.24) is 15.0 Å². The average molecular weight is 422 g/mol. The quantitative estimate of drug-likeness (QED) is 0.564. The van der Waals surface area contributed by atoms with Crippen LogP contribution in [0.4, 0.5) is 11.6 Å².